The van der Waals surface area contributed by atoms with Crippen molar-refractivity contribution in [2.45, 2.75) is 24.8 Å². The van der Waals surface area contributed by atoms with Gasteiger partial charge in [-0.3, -0.25) is 9.59 Å². The van der Waals surface area contributed by atoms with Crippen LogP contribution in [0.5, 0.6) is 5.75 Å². The maximum Gasteiger partial charge on any atom is 0.225 e. The predicted octanol–water partition coefficient (Wildman–Crippen LogP) is 3.57. The number of nitrogens with two attached hydrogens (primary N) is 1. The number of fused-ring (bicyclic) bond motifs is 1. The minimum Gasteiger partial charge on any atom is -0.497 e. The quantitative estimate of drug-likeness (QED) is 0.369. The lowest BCUT2D eigenvalue weighted by atomic mass is 10.1. The van der Waals surface area contributed by atoms with E-state index >= 15 is 0 Å². The van der Waals surface area contributed by atoms with Crippen LogP contribution in [0.25, 0.3) is 10.9 Å². The summed E-state index contributed by atoms with van der Waals surface area (Å²) in [5.41, 5.74) is 6.14. The summed E-state index contributed by atoms with van der Waals surface area (Å²) < 4.78 is 5.28. The van der Waals surface area contributed by atoms with Crippen molar-refractivity contribution in [3.63, 3.8) is 0 Å². The first-order chi connectivity index (χ1) is 12.9. The second-order valence-electron chi connectivity index (χ2n) is 6.00. The first-order valence-electron chi connectivity index (χ1n) is 8.26. The van der Waals surface area contributed by atoms with Crippen molar-refractivity contribution in [3.8, 4) is 5.75 Å². The van der Waals surface area contributed by atoms with Crippen molar-refractivity contribution in [2.24, 2.45) is 5.73 Å². The van der Waals surface area contributed by atoms with Gasteiger partial charge in [0.05, 0.1) is 29.2 Å². The second-order valence-corrected chi connectivity index (χ2v) is 8.08. The van der Waals surface area contributed by atoms with Gasteiger partial charge in [0.25, 0.3) is 0 Å². The van der Waals surface area contributed by atoms with E-state index in [1.165, 1.54) is 23.1 Å². The average Bonchev–Trinajstić information content (AvgIpc) is 3.14. The lowest BCUT2D eigenvalue weighted by Gasteiger charge is -2.08. The van der Waals surface area contributed by atoms with Crippen LogP contribution in [0.3, 0.4) is 0 Å². The summed E-state index contributed by atoms with van der Waals surface area (Å²) in [6, 6.07) is 9.13. The Morgan fingerprint density at radius 2 is 2.04 bits per heavy atom. The lowest BCUT2D eigenvalue weighted by molar-refractivity contribution is -0.119. The zero-order valence-electron chi connectivity index (χ0n) is 15.2. The van der Waals surface area contributed by atoms with E-state index in [0.29, 0.717) is 16.5 Å². The van der Waals surface area contributed by atoms with Crippen LogP contribution in [0, 0.1) is 6.92 Å². The van der Waals surface area contributed by atoms with Crippen LogP contribution in [0.2, 0.25) is 0 Å². The molecule has 0 spiro atoms. The molecule has 0 aliphatic rings. The standard InChI is InChI=1S/C19H19N3O3S2/c1-10(18(20)24)16-6-7-17(27-16)15(23)9-26-19-13-8-12(25-3)4-5-14(13)21-11(2)22-19/h4-8,10H,9H2,1-3H3,(H2,20,24). The number of hydrogen-bond acceptors (Lipinski definition) is 7. The topological polar surface area (TPSA) is 95.2 Å². The minimum atomic E-state index is -0.401. The molecule has 3 rings (SSSR count). The smallest absolute Gasteiger partial charge is 0.225 e. The number of thiophene rings is 1. The fraction of sp³-hybridized carbons (Fsp3) is 0.263. The van der Waals surface area contributed by atoms with Gasteiger partial charge in [-0.1, -0.05) is 11.8 Å². The lowest BCUT2D eigenvalue weighted by Crippen LogP contribution is -2.17. The summed E-state index contributed by atoms with van der Waals surface area (Å²) in [7, 11) is 1.61. The highest BCUT2D eigenvalue weighted by molar-refractivity contribution is 8.00. The molecule has 0 aliphatic heterocycles. The molecule has 2 aromatic heterocycles. The number of primary amides is 1. The number of amides is 1. The van der Waals surface area contributed by atoms with Crippen molar-refractivity contribution < 1.29 is 14.3 Å². The molecule has 2 N–H and O–H groups in total. The Hall–Kier alpha value is -2.45. The molecule has 0 saturated heterocycles. The predicted molar refractivity (Wildman–Crippen MR) is 108 cm³/mol. The van der Waals surface area contributed by atoms with Gasteiger partial charge in [-0.2, -0.15) is 0 Å². The van der Waals surface area contributed by atoms with Crippen molar-refractivity contribution in [2.75, 3.05) is 12.9 Å². The number of methoxy groups -OCH3 is 1. The highest BCUT2D eigenvalue weighted by atomic mass is 32.2. The molecule has 0 fully saturated rings. The number of nitrogens with zero attached hydrogens (tertiary/aromatic N) is 2. The maximum atomic E-state index is 12.6. The van der Waals surface area contributed by atoms with E-state index in [-0.39, 0.29) is 11.5 Å². The second kappa shape index (κ2) is 8.06. The van der Waals surface area contributed by atoms with E-state index in [2.05, 4.69) is 9.97 Å². The van der Waals surface area contributed by atoms with E-state index in [9.17, 15) is 9.59 Å². The number of thioether (sulfide) groups is 1. The Bertz CT molecular complexity index is 1020. The number of rotatable bonds is 7. The number of ether oxygens (including phenoxy) is 1. The monoisotopic (exact) mass is 401 g/mol. The van der Waals surface area contributed by atoms with Crippen LogP contribution in [0.4, 0.5) is 0 Å². The third-order valence-corrected chi connectivity index (χ3v) is 6.38. The summed E-state index contributed by atoms with van der Waals surface area (Å²) in [5, 5.41) is 1.60. The molecule has 27 heavy (non-hydrogen) atoms. The third kappa shape index (κ3) is 4.28. The Morgan fingerprint density at radius 3 is 2.74 bits per heavy atom. The Labute approximate surface area is 165 Å². The van der Waals surface area contributed by atoms with Gasteiger partial charge in [-0.25, -0.2) is 9.97 Å². The number of hydrogen-bond donors (Lipinski definition) is 1. The van der Waals surface area contributed by atoms with Crippen LogP contribution in [-0.4, -0.2) is 34.5 Å². The first kappa shape index (κ1) is 19.3. The van der Waals surface area contributed by atoms with Gasteiger partial charge in [0.2, 0.25) is 5.91 Å². The van der Waals surface area contributed by atoms with Crippen LogP contribution >= 0.6 is 23.1 Å². The maximum absolute atomic E-state index is 12.6. The molecule has 1 amide bonds. The van der Waals surface area contributed by atoms with E-state index in [4.69, 9.17) is 10.5 Å². The number of aryl methyl sites for hydroxylation is 1. The third-order valence-electron chi connectivity index (χ3n) is 4.07. The van der Waals surface area contributed by atoms with Gasteiger partial charge in [0.15, 0.2) is 5.78 Å². The van der Waals surface area contributed by atoms with E-state index in [1.807, 2.05) is 25.1 Å². The number of benzene rings is 1. The highest BCUT2D eigenvalue weighted by Gasteiger charge is 2.18. The Kier molecular flexibility index (Phi) is 5.76. The zero-order valence-corrected chi connectivity index (χ0v) is 16.8. The van der Waals surface area contributed by atoms with Crippen molar-refractivity contribution in [1.82, 2.24) is 9.97 Å². The fourth-order valence-corrected chi connectivity index (χ4v) is 4.54. The number of carbonyl (C=O) groups excluding carboxylic acids is 2. The Morgan fingerprint density at radius 1 is 1.26 bits per heavy atom. The van der Waals surface area contributed by atoms with E-state index < -0.39 is 11.8 Å². The molecule has 1 aromatic carbocycles. The SMILES string of the molecule is COc1ccc2nc(C)nc(SCC(=O)c3ccc(C(C)C(N)=O)s3)c2c1. The molecule has 6 nitrogen and oxygen atoms in total. The fourth-order valence-electron chi connectivity index (χ4n) is 2.51. The molecule has 140 valence electrons. The van der Waals surface area contributed by atoms with Gasteiger partial charge in [-0.05, 0) is 44.2 Å². The van der Waals surface area contributed by atoms with Crippen molar-refractivity contribution in [3.05, 3.63) is 45.9 Å². The number of carbonyl (C=O) groups is 2. The largest absolute Gasteiger partial charge is 0.497 e. The van der Waals surface area contributed by atoms with E-state index in [1.54, 1.807) is 26.2 Å². The molecule has 8 heteroatoms. The highest BCUT2D eigenvalue weighted by Crippen LogP contribution is 2.30. The molecule has 2 heterocycles. The molecule has 0 saturated carbocycles. The number of ketones is 1. The number of Topliss-reactive ketones (excluding diaryl/α,β-unsaturated/α-hetero) is 1. The first-order valence-corrected chi connectivity index (χ1v) is 10.1. The molecule has 3 aromatic rings. The molecule has 0 bridgehead atoms. The van der Waals surface area contributed by atoms with Gasteiger partial charge in [-0.15, -0.1) is 11.3 Å². The molecule has 0 aliphatic carbocycles. The van der Waals surface area contributed by atoms with Crippen LogP contribution in [0.15, 0.2) is 35.4 Å². The van der Waals surface area contributed by atoms with Crippen LogP contribution in [0.1, 0.15) is 33.2 Å². The molecule has 0 radical (unpaired) electrons. The summed E-state index contributed by atoms with van der Waals surface area (Å²) in [6.45, 7) is 3.56. The molecular weight excluding hydrogens is 382 g/mol. The minimum absolute atomic E-state index is 0.0137. The van der Waals surface area contributed by atoms with Crippen molar-refractivity contribution >= 4 is 45.7 Å². The van der Waals surface area contributed by atoms with Gasteiger partial charge in [0.1, 0.15) is 16.6 Å². The summed E-state index contributed by atoms with van der Waals surface area (Å²) in [6.07, 6.45) is 0. The summed E-state index contributed by atoms with van der Waals surface area (Å²) in [5.74, 6) is 0.795. The summed E-state index contributed by atoms with van der Waals surface area (Å²) >= 11 is 2.68. The zero-order chi connectivity index (χ0) is 19.6. The van der Waals surface area contributed by atoms with Gasteiger partial charge in [0, 0.05) is 10.3 Å². The van der Waals surface area contributed by atoms with Gasteiger partial charge >= 0.3 is 0 Å². The van der Waals surface area contributed by atoms with Crippen LogP contribution < -0.4 is 10.5 Å². The molecule has 1 atom stereocenters. The molecule has 1 unspecified atom stereocenters. The number of aromatic nitrogens is 2. The van der Waals surface area contributed by atoms with E-state index in [0.717, 1.165) is 20.8 Å². The van der Waals surface area contributed by atoms with Crippen LogP contribution in [-0.2, 0) is 4.79 Å². The molecular formula is C19H19N3O3S2. The normalized spacial score (nSPS) is 12.1. The Balaban J connectivity index is 1.80. The summed E-state index contributed by atoms with van der Waals surface area (Å²) in [4.78, 5) is 34.2. The average molecular weight is 402 g/mol. The van der Waals surface area contributed by atoms with Gasteiger partial charge < -0.3 is 10.5 Å². The van der Waals surface area contributed by atoms with Crippen molar-refractivity contribution in [1.29, 1.82) is 0 Å².